The minimum absolute atomic E-state index is 0.0391. The number of aromatic amines is 1. The van der Waals surface area contributed by atoms with Crippen molar-refractivity contribution in [1.82, 2.24) is 15.2 Å². The topological polar surface area (TPSA) is 108 Å². The molecule has 1 fully saturated rings. The molecule has 7 nitrogen and oxygen atoms in total. The molecule has 23 heavy (non-hydrogen) atoms. The van der Waals surface area contributed by atoms with Crippen molar-refractivity contribution in [2.24, 2.45) is 5.73 Å². The number of nitrogens with two attached hydrogens (primary N) is 1. The van der Waals surface area contributed by atoms with Crippen LogP contribution in [0.3, 0.4) is 0 Å². The first-order valence-corrected chi connectivity index (χ1v) is 6.73. The molecule has 10 heteroatoms. The summed E-state index contributed by atoms with van der Waals surface area (Å²) in [6.45, 7) is 0.0391. The summed E-state index contributed by atoms with van der Waals surface area (Å²) in [7, 11) is 1.39. The van der Waals surface area contributed by atoms with Gasteiger partial charge in [-0.25, -0.2) is 0 Å². The van der Waals surface area contributed by atoms with E-state index < -0.39 is 46.9 Å². The van der Waals surface area contributed by atoms with E-state index in [1.165, 1.54) is 7.05 Å². The number of rotatable bonds is 2. The normalized spacial score (nSPS) is 21.3. The van der Waals surface area contributed by atoms with Gasteiger partial charge in [0.2, 0.25) is 5.91 Å². The van der Waals surface area contributed by atoms with Crippen LogP contribution in [0.15, 0.2) is 16.9 Å². The predicted molar refractivity (Wildman–Crippen MR) is 73.5 cm³/mol. The molecule has 1 saturated heterocycles. The summed E-state index contributed by atoms with van der Waals surface area (Å²) in [5.41, 5.74) is 2.85. The molecule has 2 atom stereocenters. The molecule has 0 aliphatic carbocycles. The summed E-state index contributed by atoms with van der Waals surface area (Å²) < 4.78 is 37.6. The number of nitrogens with one attached hydrogen (secondary N) is 2. The minimum atomic E-state index is -4.72. The first kappa shape index (κ1) is 17.0. The van der Waals surface area contributed by atoms with Crippen LogP contribution in [0.5, 0.6) is 0 Å². The van der Waals surface area contributed by atoms with Crippen molar-refractivity contribution in [3.05, 3.63) is 33.7 Å². The Kier molecular flexibility index (Phi) is 4.46. The van der Waals surface area contributed by atoms with E-state index in [1.54, 1.807) is 4.98 Å². The van der Waals surface area contributed by atoms with E-state index in [0.717, 1.165) is 11.0 Å². The lowest BCUT2D eigenvalue weighted by Gasteiger charge is -2.23. The number of pyridine rings is 1. The number of halogens is 3. The molecule has 0 bridgehead atoms. The van der Waals surface area contributed by atoms with Crippen molar-refractivity contribution in [1.29, 1.82) is 0 Å². The molecule has 126 valence electrons. The molecule has 4 N–H and O–H groups in total. The monoisotopic (exact) mass is 332 g/mol. The fourth-order valence-corrected chi connectivity index (χ4v) is 2.47. The van der Waals surface area contributed by atoms with Crippen molar-refractivity contribution in [3.8, 4) is 0 Å². The fourth-order valence-electron chi connectivity index (χ4n) is 2.47. The maximum atomic E-state index is 12.5. The molecule has 0 radical (unpaired) electrons. The number of nitrogens with zero attached hydrogens (tertiary/aromatic N) is 1. The third-order valence-corrected chi connectivity index (χ3v) is 3.59. The van der Waals surface area contributed by atoms with Gasteiger partial charge in [0, 0.05) is 19.6 Å². The summed E-state index contributed by atoms with van der Waals surface area (Å²) >= 11 is 0. The summed E-state index contributed by atoms with van der Waals surface area (Å²) in [6.07, 6.45) is -4.51. The highest BCUT2D eigenvalue weighted by Crippen LogP contribution is 2.27. The van der Waals surface area contributed by atoms with Crippen molar-refractivity contribution in [2.75, 3.05) is 13.6 Å². The third-order valence-electron chi connectivity index (χ3n) is 3.59. The van der Waals surface area contributed by atoms with Crippen LogP contribution in [0.2, 0.25) is 0 Å². The van der Waals surface area contributed by atoms with E-state index in [-0.39, 0.29) is 13.0 Å². The Bertz CT molecular complexity index is 686. The van der Waals surface area contributed by atoms with Crippen molar-refractivity contribution in [3.63, 3.8) is 0 Å². The van der Waals surface area contributed by atoms with Crippen LogP contribution >= 0.6 is 0 Å². The van der Waals surface area contributed by atoms with E-state index in [2.05, 4.69) is 5.32 Å². The molecule has 2 amide bonds. The van der Waals surface area contributed by atoms with Gasteiger partial charge in [-0.05, 0) is 18.6 Å². The first-order valence-electron chi connectivity index (χ1n) is 6.73. The molecule has 1 aromatic heterocycles. The van der Waals surface area contributed by atoms with E-state index in [9.17, 15) is 27.6 Å². The second-order valence-electron chi connectivity index (χ2n) is 5.20. The maximum absolute atomic E-state index is 12.5. The van der Waals surface area contributed by atoms with Crippen molar-refractivity contribution < 1.29 is 22.8 Å². The predicted octanol–water partition coefficient (Wildman–Crippen LogP) is -0.318. The van der Waals surface area contributed by atoms with Gasteiger partial charge >= 0.3 is 6.18 Å². The number of aromatic nitrogens is 1. The van der Waals surface area contributed by atoms with Crippen molar-refractivity contribution >= 4 is 11.8 Å². The molecule has 1 aliphatic rings. The Morgan fingerprint density at radius 2 is 2.04 bits per heavy atom. The standard InChI is InChI=1S/C13H15F3N4O3/c1-18-11(22)8-4-6(17)5-20(8)12(23)7-2-3-9(13(14,15)16)19-10(7)21/h2-3,6,8H,4-5,17H2,1H3,(H,18,22)(H,19,21)/t6-,8-/m0/s1. The minimum Gasteiger partial charge on any atom is -0.357 e. The first-order chi connectivity index (χ1) is 10.6. The molecule has 1 aliphatic heterocycles. The van der Waals surface area contributed by atoms with Gasteiger partial charge < -0.3 is 20.9 Å². The highest BCUT2D eigenvalue weighted by molar-refractivity contribution is 5.97. The Balaban J connectivity index is 2.33. The van der Waals surface area contributed by atoms with Crippen LogP contribution in [-0.2, 0) is 11.0 Å². The molecular formula is C13H15F3N4O3. The van der Waals surface area contributed by atoms with Gasteiger partial charge in [0.05, 0.1) is 0 Å². The van der Waals surface area contributed by atoms with Crippen LogP contribution in [0, 0.1) is 0 Å². The van der Waals surface area contributed by atoms with Crippen LogP contribution in [0.25, 0.3) is 0 Å². The molecule has 1 aromatic rings. The molecule has 0 unspecified atom stereocenters. The summed E-state index contributed by atoms with van der Waals surface area (Å²) in [6, 6.07) is 0.104. The SMILES string of the molecule is CNC(=O)[C@@H]1C[C@H](N)CN1C(=O)c1ccc(C(F)(F)F)[nH]c1=O. The Labute approximate surface area is 128 Å². The van der Waals surface area contributed by atoms with E-state index in [0.29, 0.717) is 6.07 Å². The fraction of sp³-hybridized carbons (Fsp3) is 0.462. The van der Waals surface area contributed by atoms with Gasteiger partial charge in [0.1, 0.15) is 17.3 Å². The lowest BCUT2D eigenvalue weighted by Crippen LogP contribution is -2.46. The number of likely N-dealkylation sites (N-methyl/N-ethyl adjacent to an activating group) is 1. The zero-order valence-electron chi connectivity index (χ0n) is 12.1. The van der Waals surface area contributed by atoms with Crippen molar-refractivity contribution in [2.45, 2.75) is 24.7 Å². The molecule has 0 spiro atoms. The van der Waals surface area contributed by atoms with Gasteiger partial charge in [0.15, 0.2) is 0 Å². The Hall–Kier alpha value is -2.36. The van der Waals surface area contributed by atoms with Gasteiger partial charge in [-0.2, -0.15) is 13.2 Å². The number of carbonyl (C=O) groups is 2. The van der Waals surface area contributed by atoms with Crippen LogP contribution in [0.4, 0.5) is 13.2 Å². The van der Waals surface area contributed by atoms with Crippen LogP contribution in [0.1, 0.15) is 22.5 Å². The molecule has 0 saturated carbocycles. The van der Waals surface area contributed by atoms with E-state index in [1.807, 2.05) is 0 Å². The average Bonchev–Trinajstić information content (AvgIpc) is 2.86. The molecule has 0 aromatic carbocycles. The zero-order chi connectivity index (χ0) is 17.4. The largest absolute Gasteiger partial charge is 0.431 e. The zero-order valence-corrected chi connectivity index (χ0v) is 12.1. The Morgan fingerprint density at radius 3 is 2.57 bits per heavy atom. The number of likely N-dealkylation sites (tertiary alicyclic amines) is 1. The van der Waals surface area contributed by atoms with Gasteiger partial charge in [-0.15, -0.1) is 0 Å². The average molecular weight is 332 g/mol. The van der Waals surface area contributed by atoms with Crippen LogP contribution < -0.4 is 16.6 Å². The second kappa shape index (κ2) is 6.03. The highest BCUT2D eigenvalue weighted by Gasteiger charge is 2.39. The quantitative estimate of drug-likeness (QED) is 0.690. The number of hydrogen-bond donors (Lipinski definition) is 3. The lowest BCUT2D eigenvalue weighted by atomic mass is 10.1. The second-order valence-corrected chi connectivity index (χ2v) is 5.20. The number of amides is 2. The van der Waals surface area contributed by atoms with E-state index in [4.69, 9.17) is 5.73 Å². The van der Waals surface area contributed by atoms with Gasteiger partial charge in [0.25, 0.3) is 11.5 Å². The van der Waals surface area contributed by atoms with Gasteiger partial charge in [-0.3, -0.25) is 14.4 Å². The lowest BCUT2D eigenvalue weighted by molar-refractivity contribution is -0.141. The number of H-pyrrole nitrogens is 1. The summed E-state index contributed by atoms with van der Waals surface area (Å²) in [4.78, 5) is 38.7. The highest BCUT2D eigenvalue weighted by atomic mass is 19.4. The smallest absolute Gasteiger partial charge is 0.357 e. The summed E-state index contributed by atoms with van der Waals surface area (Å²) in [5.74, 6) is -1.28. The maximum Gasteiger partial charge on any atom is 0.431 e. The molecule has 2 rings (SSSR count). The number of alkyl halides is 3. The number of hydrogen-bond acceptors (Lipinski definition) is 4. The number of carbonyl (C=O) groups excluding carboxylic acids is 2. The Morgan fingerprint density at radius 1 is 1.39 bits per heavy atom. The molecule has 2 heterocycles. The summed E-state index contributed by atoms with van der Waals surface area (Å²) in [5, 5.41) is 2.38. The van der Waals surface area contributed by atoms with Gasteiger partial charge in [-0.1, -0.05) is 0 Å². The van der Waals surface area contributed by atoms with Crippen LogP contribution in [-0.4, -0.2) is 47.4 Å². The third kappa shape index (κ3) is 3.36. The van der Waals surface area contributed by atoms with E-state index >= 15 is 0 Å². The molecular weight excluding hydrogens is 317 g/mol.